The van der Waals surface area contributed by atoms with Crippen LogP contribution in [0.4, 0.5) is 0 Å². The van der Waals surface area contributed by atoms with Gasteiger partial charge in [-0.05, 0) is 29.2 Å². The molecule has 144 valence electrons. The number of nitrogens with zero attached hydrogens (tertiary/aromatic N) is 1. The topological polar surface area (TPSA) is 41.6 Å². The highest BCUT2D eigenvalue weighted by atomic mass is 16.5. The third-order valence-corrected chi connectivity index (χ3v) is 4.46. The molecular weight excluding hydrogens is 336 g/mol. The van der Waals surface area contributed by atoms with Gasteiger partial charge in [-0.25, -0.2) is 0 Å². The molecule has 0 radical (unpaired) electrons. The maximum Gasteiger partial charge on any atom is 0.234 e. The highest BCUT2D eigenvalue weighted by Gasteiger charge is 2.20. The van der Waals surface area contributed by atoms with E-state index in [4.69, 9.17) is 4.74 Å². The first kappa shape index (κ1) is 20.7. The van der Waals surface area contributed by atoms with Gasteiger partial charge in [0.2, 0.25) is 5.91 Å². The second kappa shape index (κ2) is 10.5. The molecule has 2 rings (SSSR count). The Morgan fingerprint density at radius 1 is 1.15 bits per heavy atom. The monoisotopic (exact) mass is 366 g/mol. The molecule has 4 nitrogen and oxygen atoms in total. The Labute approximate surface area is 162 Å². The third-order valence-electron chi connectivity index (χ3n) is 4.46. The van der Waals surface area contributed by atoms with Crippen molar-refractivity contribution in [2.45, 2.75) is 26.4 Å². The number of rotatable bonds is 10. The van der Waals surface area contributed by atoms with Gasteiger partial charge in [0.1, 0.15) is 5.75 Å². The molecule has 0 saturated heterocycles. The highest BCUT2D eigenvalue weighted by molar-refractivity contribution is 5.78. The van der Waals surface area contributed by atoms with Crippen LogP contribution in [0.25, 0.3) is 0 Å². The number of ether oxygens (including phenoxy) is 1. The quantitative estimate of drug-likeness (QED) is 0.641. The second-order valence-electron chi connectivity index (χ2n) is 7.01. The molecule has 2 aromatic carbocycles. The smallest absolute Gasteiger partial charge is 0.234 e. The molecular formula is C23H30N2O2. The van der Waals surface area contributed by atoms with Gasteiger partial charge in [-0.2, -0.15) is 0 Å². The zero-order chi connectivity index (χ0) is 19.6. The van der Waals surface area contributed by atoms with Crippen molar-refractivity contribution in [2.75, 3.05) is 20.2 Å². The van der Waals surface area contributed by atoms with Crippen molar-refractivity contribution in [1.82, 2.24) is 10.2 Å². The van der Waals surface area contributed by atoms with Crippen molar-refractivity contribution in [3.8, 4) is 5.75 Å². The molecule has 0 saturated carbocycles. The van der Waals surface area contributed by atoms with Crippen LogP contribution in [-0.4, -0.2) is 31.0 Å². The number of hydrogen-bond donors (Lipinski definition) is 1. The first-order chi connectivity index (χ1) is 13.0. The van der Waals surface area contributed by atoms with Crippen LogP contribution in [0, 0.1) is 5.92 Å². The summed E-state index contributed by atoms with van der Waals surface area (Å²) in [5, 5.41) is 3.19. The molecule has 0 fully saturated rings. The molecule has 0 spiro atoms. The molecule has 1 N–H and O–H groups in total. The van der Waals surface area contributed by atoms with E-state index in [0.717, 1.165) is 17.9 Å². The average molecular weight is 367 g/mol. The van der Waals surface area contributed by atoms with E-state index in [0.29, 0.717) is 13.1 Å². The van der Waals surface area contributed by atoms with Gasteiger partial charge >= 0.3 is 0 Å². The summed E-state index contributed by atoms with van der Waals surface area (Å²) in [5.74, 6) is 1.11. The Bertz CT molecular complexity index is 711. The van der Waals surface area contributed by atoms with Crippen LogP contribution in [0.2, 0.25) is 0 Å². The minimum Gasteiger partial charge on any atom is -0.497 e. The summed E-state index contributed by atoms with van der Waals surface area (Å²) in [5.41, 5.74) is 2.26. The molecule has 0 aromatic heterocycles. The molecule has 4 heteroatoms. The van der Waals surface area contributed by atoms with E-state index in [1.165, 1.54) is 5.56 Å². The molecule has 0 aliphatic heterocycles. The van der Waals surface area contributed by atoms with Crippen molar-refractivity contribution in [1.29, 1.82) is 0 Å². The maximum atomic E-state index is 12.7. The number of carbonyl (C=O) groups excluding carboxylic acids is 1. The van der Waals surface area contributed by atoms with Gasteiger partial charge in [0.25, 0.3) is 0 Å². The number of hydrogen-bond acceptors (Lipinski definition) is 3. The number of methoxy groups -OCH3 is 1. The first-order valence-corrected chi connectivity index (χ1v) is 9.34. The molecule has 0 aliphatic carbocycles. The molecule has 1 unspecified atom stereocenters. The fourth-order valence-corrected chi connectivity index (χ4v) is 3.08. The average Bonchev–Trinajstić information content (AvgIpc) is 2.67. The fourth-order valence-electron chi connectivity index (χ4n) is 3.08. The highest BCUT2D eigenvalue weighted by Crippen LogP contribution is 2.24. The van der Waals surface area contributed by atoms with Crippen LogP contribution in [-0.2, 0) is 11.3 Å². The number of benzene rings is 2. The maximum absolute atomic E-state index is 12.7. The molecule has 0 aliphatic rings. The predicted molar refractivity (Wildman–Crippen MR) is 111 cm³/mol. The van der Waals surface area contributed by atoms with Crippen molar-refractivity contribution in [2.24, 2.45) is 5.92 Å². The van der Waals surface area contributed by atoms with Crippen LogP contribution < -0.4 is 10.1 Å². The summed E-state index contributed by atoms with van der Waals surface area (Å²) in [7, 11) is 1.65. The Hall–Kier alpha value is -2.59. The largest absolute Gasteiger partial charge is 0.497 e. The summed E-state index contributed by atoms with van der Waals surface area (Å²) in [4.78, 5) is 14.8. The van der Waals surface area contributed by atoms with Crippen molar-refractivity contribution in [3.63, 3.8) is 0 Å². The van der Waals surface area contributed by atoms with Crippen molar-refractivity contribution < 1.29 is 9.53 Å². The summed E-state index contributed by atoms with van der Waals surface area (Å²) >= 11 is 0. The Kier molecular flexibility index (Phi) is 8.08. The van der Waals surface area contributed by atoms with Crippen molar-refractivity contribution in [3.05, 3.63) is 78.4 Å². The van der Waals surface area contributed by atoms with E-state index >= 15 is 0 Å². The molecule has 2 aromatic rings. The van der Waals surface area contributed by atoms with E-state index in [-0.39, 0.29) is 17.9 Å². The Morgan fingerprint density at radius 2 is 1.81 bits per heavy atom. The van der Waals surface area contributed by atoms with Gasteiger partial charge in [0.05, 0.1) is 19.7 Å². The number of amides is 1. The van der Waals surface area contributed by atoms with Crippen molar-refractivity contribution >= 4 is 5.91 Å². The first-order valence-electron chi connectivity index (χ1n) is 9.34. The van der Waals surface area contributed by atoms with E-state index in [2.05, 4.69) is 42.8 Å². The summed E-state index contributed by atoms with van der Waals surface area (Å²) in [6, 6.07) is 18.0. The minimum absolute atomic E-state index is 0.0160. The normalized spacial score (nSPS) is 12.0. The number of carbonyl (C=O) groups is 1. The lowest BCUT2D eigenvalue weighted by Gasteiger charge is -2.26. The molecule has 27 heavy (non-hydrogen) atoms. The standard InChI is InChI=1S/C23H30N2O2/c1-5-15-25(16-19-9-7-6-8-10-19)17-22(26)24-23(18(2)3)20-11-13-21(27-4)14-12-20/h5-14,18,23H,1,15-17H2,2-4H3,(H,24,26). The SMILES string of the molecule is C=CCN(CC(=O)NC(c1ccc(OC)cc1)C(C)C)Cc1ccccc1. The van der Waals surface area contributed by atoms with Crippen LogP contribution in [0.3, 0.4) is 0 Å². The van der Waals surface area contributed by atoms with Gasteiger partial charge in [-0.3, -0.25) is 9.69 Å². The Morgan fingerprint density at radius 3 is 2.37 bits per heavy atom. The second-order valence-corrected chi connectivity index (χ2v) is 7.01. The molecule has 0 bridgehead atoms. The van der Waals surface area contributed by atoms with Crippen LogP contribution in [0.5, 0.6) is 5.75 Å². The van der Waals surface area contributed by atoms with Crippen LogP contribution in [0.15, 0.2) is 67.3 Å². The van der Waals surface area contributed by atoms with E-state index in [1.54, 1.807) is 7.11 Å². The van der Waals surface area contributed by atoms with E-state index in [1.807, 2.05) is 48.5 Å². The molecule has 0 heterocycles. The Balaban J connectivity index is 2.03. The summed E-state index contributed by atoms with van der Waals surface area (Å²) < 4.78 is 5.22. The van der Waals surface area contributed by atoms with Gasteiger partial charge < -0.3 is 10.1 Å². The van der Waals surface area contributed by atoms with Crippen LogP contribution in [0.1, 0.15) is 31.0 Å². The van der Waals surface area contributed by atoms with Gasteiger partial charge in [0.15, 0.2) is 0 Å². The van der Waals surface area contributed by atoms with E-state index in [9.17, 15) is 4.79 Å². The van der Waals surface area contributed by atoms with Gasteiger partial charge in [0, 0.05) is 13.1 Å². The van der Waals surface area contributed by atoms with E-state index < -0.39 is 0 Å². The summed E-state index contributed by atoms with van der Waals surface area (Å²) in [6.45, 7) is 9.76. The van der Waals surface area contributed by atoms with Gasteiger partial charge in [-0.15, -0.1) is 6.58 Å². The lowest BCUT2D eigenvalue weighted by Crippen LogP contribution is -2.40. The fraction of sp³-hybridized carbons (Fsp3) is 0.348. The zero-order valence-corrected chi connectivity index (χ0v) is 16.5. The van der Waals surface area contributed by atoms with Crippen LogP contribution >= 0.6 is 0 Å². The predicted octanol–water partition coefficient (Wildman–Crippen LogP) is 4.20. The third kappa shape index (κ3) is 6.57. The molecule has 1 amide bonds. The summed E-state index contributed by atoms with van der Waals surface area (Å²) in [6.07, 6.45) is 1.83. The minimum atomic E-state index is -0.0364. The lowest BCUT2D eigenvalue weighted by molar-refractivity contribution is -0.123. The lowest BCUT2D eigenvalue weighted by atomic mass is 9.96. The van der Waals surface area contributed by atoms with Gasteiger partial charge in [-0.1, -0.05) is 62.4 Å². The zero-order valence-electron chi connectivity index (χ0n) is 16.5. The number of nitrogens with one attached hydrogen (secondary N) is 1. The molecule has 1 atom stereocenters.